The number of halogens is 3. The number of piperidine rings is 1. The van der Waals surface area contributed by atoms with Gasteiger partial charge in [0.1, 0.15) is 12.7 Å². The van der Waals surface area contributed by atoms with Crippen LogP contribution in [0.15, 0.2) is 24.3 Å². The molecule has 0 N–H and O–H groups in total. The average molecular weight is 452 g/mol. The zero-order valence-corrected chi connectivity index (χ0v) is 16.8. The van der Waals surface area contributed by atoms with Gasteiger partial charge in [-0.15, -0.1) is 0 Å². The Morgan fingerprint density at radius 1 is 1.14 bits per heavy atom. The summed E-state index contributed by atoms with van der Waals surface area (Å²) in [5.74, 6) is -0.550. The van der Waals surface area contributed by atoms with Crippen molar-refractivity contribution in [3.63, 3.8) is 0 Å². The van der Waals surface area contributed by atoms with E-state index < -0.39 is 20.8 Å². The molecular weight excluding hydrogens is 435 g/mol. The molecule has 2 aliphatic rings. The Hall–Kier alpha value is -1.77. The Balaban J connectivity index is 1.57. The van der Waals surface area contributed by atoms with Gasteiger partial charge >= 0.3 is 12.1 Å². The molecule has 8 nitrogen and oxygen atoms in total. The standard InChI is InChI=1S/C17H17Cl3N2O6/c18-17(19,20)9-27-16(24)21-12-5-6-13(21)8-14(7-12)28-15(23)10-1-3-11(4-2-10)22(25)26/h1-4,12-14H,5-9H2/t12-,13+,14?. The molecule has 2 fully saturated rings. The second-order valence-corrected chi connectivity index (χ2v) is 9.28. The van der Waals surface area contributed by atoms with Crippen LogP contribution in [0, 0.1) is 10.1 Å². The van der Waals surface area contributed by atoms with Crippen molar-refractivity contribution in [1.82, 2.24) is 4.90 Å². The SMILES string of the molecule is O=C(OC1C[C@H]2CC[C@@H](C1)N2C(=O)OCC(Cl)(Cl)Cl)c1ccc([N+](=O)[O-])cc1. The molecule has 1 amide bonds. The van der Waals surface area contributed by atoms with E-state index in [1.54, 1.807) is 4.90 Å². The fourth-order valence-corrected chi connectivity index (χ4v) is 3.84. The van der Waals surface area contributed by atoms with E-state index >= 15 is 0 Å². The molecule has 0 aliphatic carbocycles. The number of fused-ring (bicyclic) bond motifs is 2. The quantitative estimate of drug-likeness (QED) is 0.294. The maximum absolute atomic E-state index is 12.3. The van der Waals surface area contributed by atoms with Crippen LogP contribution in [-0.2, 0) is 9.47 Å². The van der Waals surface area contributed by atoms with Crippen LogP contribution in [0.4, 0.5) is 10.5 Å². The van der Waals surface area contributed by atoms with E-state index in [-0.39, 0.29) is 36.0 Å². The highest BCUT2D eigenvalue weighted by molar-refractivity contribution is 6.67. The van der Waals surface area contributed by atoms with E-state index in [1.807, 2.05) is 0 Å². The molecule has 0 aromatic heterocycles. The number of non-ortho nitro benzene ring substituents is 1. The molecule has 2 bridgehead atoms. The van der Waals surface area contributed by atoms with Crippen LogP contribution in [0.25, 0.3) is 0 Å². The van der Waals surface area contributed by atoms with Gasteiger partial charge in [0.25, 0.3) is 5.69 Å². The Kier molecular flexibility index (Phi) is 6.21. The smallest absolute Gasteiger partial charge is 0.410 e. The minimum Gasteiger partial charge on any atom is -0.459 e. The lowest BCUT2D eigenvalue weighted by Crippen LogP contribution is -2.49. The van der Waals surface area contributed by atoms with Crippen molar-refractivity contribution in [1.29, 1.82) is 0 Å². The first kappa shape index (κ1) is 21.0. The highest BCUT2D eigenvalue weighted by Gasteiger charge is 2.45. The highest BCUT2D eigenvalue weighted by atomic mass is 35.6. The summed E-state index contributed by atoms with van der Waals surface area (Å²) in [6, 6.07) is 5.00. The van der Waals surface area contributed by atoms with Gasteiger partial charge in [0.05, 0.1) is 10.5 Å². The van der Waals surface area contributed by atoms with Crippen molar-refractivity contribution in [3.8, 4) is 0 Å². The number of benzene rings is 1. The number of carbonyl (C=O) groups is 2. The minimum absolute atomic E-state index is 0.101. The predicted molar refractivity (Wildman–Crippen MR) is 102 cm³/mol. The molecule has 0 spiro atoms. The van der Waals surface area contributed by atoms with Gasteiger partial charge < -0.3 is 14.4 Å². The van der Waals surface area contributed by atoms with Gasteiger partial charge in [0.2, 0.25) is 3.79 Å². The number of ether oxygens (including phenoxy) is 2. The van der Waals surface area contributed by atoms with Crippen LogP contribution in [0.2, 0.25) is 0 Å². The largest absolute Gasteiger partial charge is 0.459 e. The van der Waals surface area contributed by atoms with Crippen molar-refractivity contribution in [2.75, 3.05) is 6.61 Å². The Bertz CT molecular complexity index is 753. The summed E-state index contributed by atoms with van der Waals surface area (Å²) in [6.07, 6.45) is 1.63. The summed E-state index contributed by atoms with van der Waals surface area (Å²) in [5, 5.41) is 10.7. The van der Waals surface area contributed by atoms with Crippen LogP contribution in [0.5, 0.6) is 0 Å². The Morgan fingerprint density at radius 2 is 1.71 bits per heavy atom. The number of alkyl halides is 3. The monoisotopic (exact) mass is 450 g/mol. The molecule has 0 saturated carbocycles. The molecule has 1 unspecified atom stereocenters. The van der Waals surface area contributed by atoms with Gasteiger partial charge in [-0.2, -0.15) is 0 Å². The number of hydrogen-bond donors (Lipinski definition) is 0. The van der Waals surface area contributed by atoms with E-state index in [2.05, 4.69) is 0 Å². The van der Waals surface area contributed by atoms with Crippen LogP contribution in [0.3, 0.4) is 0 Å². The van der Waals surface area contributed by atoms with Gasteiger partial charge in [0.15, 0.2) is 0 Å². The second kappa shape index (κ2) is 8.31. The lowest BCUT2D eigenvalue weighted by Gasteiger charge is -2.37. The summed E-state index contributed by atoms with van der Waals surface area (Å²) in [6.45, 7) is -0.342. The van der Waals surface area contributed by atoms with E-state index in [4.69, 9.17) is 44.3 Å². The number of carbonyl (C=O) groups excluding carboxylic acids is 2. The third-order valence-electron chi connectivity index (χ3n) is 4.85. The van der Waals surface area contributed by atoms with Gasteiger partial charge in [-0.05, 0) is 25.0 Å². The number of nitrogens with zero attached hydrogens (tertiary/aromatic N) is 2. The molecule has 1 aromatic carbocycles. The Labute approximate surface area is 175 Å². The molecule has 2 aliphatic heterocycles. The molecule has 152 valence electrons. The third-order valence-corrected chi connectivity index (χ3v) is 5.17. The number of esters is 1. The summed E-state index contributed by atoms with van der Waals surface area (Å²) >= 11 is 16.8. The second-order valence-electron chi connectivity index (χ2n) is 6.76. The van der Waals surface area contributed by atoms with Crippen molar-refractivity contribution in [3.05, 3.63) is 39.9 Å². The summed E-state index contributed by atoms with van der Waals surface area (Å²) in [4.78, 5) is 36.4. The van der Waals surface area contributed by atoms with E-state index in [0.29, 0.717) is 12.8 Å². The van der Waals surface area contributed by atoms with E-state index in [9.17, 15) is 19.7 Å². The first-order valence-electron chi connectivity index (χ1n) is 8.61. The van der Waals surface area contributed by atoms with E-state index in [1.165, 1.54) is 24.3 Å². The molecule has 28 heavy (non-hydrogen) atoms. The number of amides is 1. The molecule has 11 heteroatoms. The maximum Gasteiger partial charge on any atom is 0.410 e. The molecule has 3 rings (SSSR count). The lowest BCUT2D eigenvalue weighted by molar-refractivity contribution is -0.384. The van der Waals surface area contributed by atoms with Crippen LogP contribution >= 0.6 is 34.8 Å². The van der Waals surface area contributed by atoms with Gasteiger partial charge in [-0.3, -0.25) is 10.1 Å². The molecule has 1 aromatic rings. The molecule has 0 radical (unpaired) electrons. The molecule has 2 heterocycles. The summed E-state index contributed by atoms with van der Waals surface area (Å²) < 4.78 is 8.95. The molecule has 3 atom stereocenters. The zero-order chi connectivity index (χ0) is 20.5. The Morgan fingerprint density at radius 3 is 2.21 bits per heavy atom. The number of hydrogen-bond acceptors (Lipinski definition) is 6. The van der Waals surface area contributed by atoms with Gasteiger partial charge in [0, 0.05) is 37.1 Å². The van der Waals surface area contributed by atoms with Gasteiger partial charge in [-0.1, -0.05) is 34.8 Å². The number of nitro groups is 1. The first-order valence-corrected chi connectivity index (χ1v) is 9.74. The van der Waals surface area contributed by atoms with Crippen LogP contribution in [0.1, 0.15) is 36.0 Å². The topological polar surface area (TPSA) is 99.0 Å². The average Bonchev–Trinajstić information content (AvgIpc) is 2.90. The van der Waals surface area contributed by atoms with Crippen LogP contribution < -0.4 is 0 Å². The van der Waals surface area contributed by atoms with Crippen molar-refractivity contribution in [2.45, 2.75) is 47.7 Å². The lowest BCUT2D eigenvalue weighted by atomic mass is 10.00. The maximum atomic E-state index is 12.3. The van der Waals surface area contributed by atoms with Crippen molar-refractivity contribution < 1.29 is 24.0 Å². The van der Waals surface area contributed by atoms with Gasteiger partial charge in [-0.25, -0.2) is 9.59 Å². The zero-order valence-electron chi connectivity index (χ0n) is 14.6. The third kappa shape index (κ3) is 4.98. The van der Waals surface area contributed by atoms with Crippen molar-refractivity contribution in [2.24, 2.45) is 0 Å². The molecular formula is C17H17Cl3N2O6. The summed E-state index contributed by atoms with van der Waals surface area (Å²) in [5.41, 5.74) is 0.138. The minimum atomic E-state index is -1.67. The van der Waals surface area contributed by atoms with E-state index in [0.717, 1.165) is 12.8 Å². The fourth-order valence-electron chi connectivity index (χ4n) is 3.68. The highest BCUT2D eigenvalue weighted by Crippen LogP contribution is 2.38. The first-order chi connectivity index (χ1) is 13.1. The van der Waals surface area contributed by atoms with Crippen LogP contribution in [-0.4, -0.2) is 50.5 Å². The summed E-state index contributed by atoms with van der Waals surface area (Å²) in [7, 11) is 0. The fraction of sp³-hybridized carbons (Fsp3) is 0.529. The number of nitro benzene ring substituents is 1. The number of rotatable bonds is 4. The normalized spacial score (nSPS) is 24.0. The van der Waals surface area contributed by atoms with Crippen molar-refractivity contribution >= 4 is 52.6 Å². The molecule has 2 saturated heterocycles. The predicted octanol–water partition coefficient (Wildman–Crippen LogP) is 4.25.